The fourth-order valence-electron chi connectivity index (χ4n) is 6.69. The topological polar surface area (TPSA) is 98.7 Å². The van der Waals surface area contributed by atoms with Crippen LogP contribution in [0.15, 0.2) is 24.3 Å². The lowest BCUT2D eigenvalue weighted by Crippen LogP contribution is -2.23. The second-order valence-electron chi connectivity index (χ2n) is 15.3. The number of amides is 2. The van der Waals surface area contributed by atoms with Crippen LogP contribution in [-0.2, 0) is 22.7 Å². The minimum absolute atomic E-state index is 0.134. The van der Waals surface area contributed by atoms with Gasteiger partial charge in [-0.3, -0.25) is 9.59 Å². The maximum atomic E-state index is 12.3. The van der Waals surface area contributed by atoms with Crippen LogP contribution in [0.3, 0.4) is 0 Å². The van der Waals surface area contributed by atoms with Crippen molar-refractivity contribution in [1.29, 1.82) is 0 Å². The molecule has 0 bridgehead atoms. The molecule has 1 aromatic carbocycles. The maximum Gasteiger partial charge on any atom is 0.220 e. The van der Waals surface area contributed by atoms with Gasteiger partial charge in [-0.2, -0.15) is 0 Å². The van der Waals surface area contributed by atoms with Crippen molar-refractivity contribution in [3.63, 3.8) is 0 Å². The highest BCUT2D eigenvalue weighted by molar-refractivity contribution is 5.76. The molecular weight excluding hydrogens is 620 g/mol. The maximum absolute atomic E-state index is 12.3. The summed E-state index contributed by atoms with van der Waals surface area (Å²) < 4.78 is 0. The molecule has 6 heteroatoms. The molecule has 0 saturated heterocycles. The minimum atomic E-state index is -0.143. The van der Waals surface area contributed by atoms with Crippen molar-refractivity contribution in [3.05, 3.63) is 35.4 Å². The van der Waals surface area contributed by atoms with E-state index in [9.17, 15) is 19.8 Å². The van der Waals surface area contributed by atoms with Gasteiger partial charge in [-0.25, -0.2) is 0 Å². The zero-order valence-electron chi connectivity index (χ0n) is 32.8. The SMILES string of the molecule is CC(O)CCCCCCCCCCCCCCCC(=O)NCc1ccc(CNC(=O)CCCCCCCCCCCCCCCC(C)O)cc1. The summed E-state index contributed by atoms with van der Waals surface area (Å²) in [5.74, 6) is 0.268. The standard InChI is InChI=1S/C44H80N2O4/c1-39(47)29-25-21-17-13-9-5-3-7-11-15-19-23-27-31-43(49)45-37-41-33-35-42(36-34-41)38-46-44(50)32-28-24-20-16-12-8-4-6-10-14-18-22-26-30-40(2)48/h33-36,39-40,47-48H,3-32,37-38H2,1-2H3,(H,45,49)(H,46,50). The van der Waals surface area contributed by atoms with E-state index in [0.717, 1.165) is 62.5 Å². The lowest BCUT2D eigenvalue weighted by atomic mass is 10.0. The Labute approximate surface area is 308 Å². The van der Waals surface area contributed by atoms with Gasteiger partial charge in [0.05, 0.1) is 12.2 Å². The van der Waals surface area contributed by atoms with E-state index in [0.29, 0.717) is 25.9 Å². The van der Waals surface area contributed by atoms with Crippen LogP contribution >= 0.6 is 0 Å². The Morgan fingerprint density at radius 1 is 0.420 bits per heavy atom. The third-order valence-corrected chi connectivity index (χ3v) is 10.1. The zero-order chi connectivity index (χ0) is 36.3. The van der Waals surface area contributed by atoms with Crippen LogP contribution in [0.2, 0.25) is 0 Å². The van der Waals surface area contributed by atoms with Gasteiger partial charge >= 0.3 is 0 Å². The molecule has 0 aromatic heterocycles. The van der Waals surface area contributed by atoms with Gasteiger partial charge < -0.3 is 20.8 Å². The molecule has 0 fully saturated rings. The number of aliphatic hydroxyl groups is 2. The van der Waals surface area contributed by atoms with E-state index < -0.39 is 0 Å². The summed E-state index contributed by atoms with van der Waals surface area (Å²) in [5, 5.41) is 24.7. The van der Waals surface area contributed by atoms with Gasteiger partial charge in [0.1, 0.15) is 0 Å². The molecule has 2 atom stereocenters. The Morgan fingerprint density at radius 3 is 0.880 bits per heavy atom. The van der Waals surface area contributed by atoms with Crippen LogP contribution in [0.5, 0.6) is 0 Å². The van der Waals surface area contributed by atoms with Crippen LogP contribution in [-0.4, -0.2) is 34.2 Å². The quantitative estimate of drug-likeness (QED) is 0.0524. The van der Waals surface area contributed by atoms with Crippen LogP contribution in [0.1, 0.15) is 218 Å². The van der Waals surface area contributed by atoms with Crippen LogP contribution in [0, 0.1) is 0 Å². The van der Waals surface area contributed by atoms with E-state index in [1.54, 1.807) is 0 Å². The van der Waals surface area contributed by atoms with E-state index in [2.05, 4.69) is 10.6 Å². The Hall–Kier alpha value is -1.92. The van der Waals surface area contributed by atoms with Crippen LogP contribution in [0.4, 0.5) is 0 Å². The summed E-state index contributed by atoms with van der Waals surface area (Å²) in [6.45, 7) is 4.87. The van der Waals surface area contributed by atoms with Gasteiger partial charge in [0.15, 0.2) is 0 Å². The van der Waals surface area contributed by atoms with Crippen molar-refractivity contribution in [3.8, 4) is 0 Å². The third kappa shape index (κ3) is 32.0. The first-order chi connectivity index (χ1) is 24.4. The molecule has 1 rings (SSSR count). The van der Waals surface area contributed by atoms with E-state index in [-0.39, 0.29) is 24.0 Å². The summed E-state index contributed by atoms with van der Waals surface area (Å²) in [4.78, 5) is 24.6. The van der Waals surface area contributed by atoms with Crippen molar-refractivity contribution in [2.75, 3.05) is 0 Å². The second kappa shape index (κ2) is 34.2. The molecule has 6 nitrogen and oxygen atoms in total. The number of rotatable bonds is 36. The van der Waals surface area contributed by atoms with Gasteiger partial charge in [-0.1, -0.05) is 178 Å². The minimum Gasteiger partial charge on any atom is -0.393 e. The fraction of sp³-hybridized carbons (Fsp3) is 0.818. The number of nitrogens with one attached hydrogen (secondary N) is 2. The first-order valence-electron chi connectivity index (χ1n) is 21.3. The highest BCUT2D eigenvalue weighted by Crippen LogP contribution is 2.16. The predicted octanol–water partition coefficient (Wildman–Crippen LogP) is 11.4. The highest BCUT2D eigenvalue weighted by Gasteiger charge is 2.05. The van der Waals surface area contributed by atoms with Crippen LogP contribution in [0.25, 0.3) is 0 Å². The lowest BCUT2D eigenvalue weighted by molar-refractivity contribution is -0.122. The highest BCUT2D eigenvalue weighted by atomic mass is 16.3. The zero-order valence-corrected chi connectivity index (χ0v) is 32.8. The second-order valence-corrected chi connectivity index (χ2v) is 15.3. The molecule has 290 valence electrons. The monoisotopic (exact) mass is 701 g/mol. The molecule has 4 N–H and O–H groups in total. The molecule has 0 spiro atoms. The van der Waals surface area contributed by atoms with Crippen molar-refractivity contribution < 1.29 is 19.8 Å². The van der Waals surface area contributed by atoms with Crippen molar-refractivity contribution in [1.82, 2.24) is 10.6 Å². The molecule has 1 aromatic rings. The number of carbonyl (C=O) groups excluding carboxylic acids is 2. The number of unbranched alkanes of at least 4 members (excludes halogenated alkanes) is 24. The molecule has 0 aliphatic rings. The smallest absolute Gasteiger partial charge is 0.220 e. The number of carbonyl (C=O) groups is 2. The number of aliphatic hydroxyl groups excluding tert-OH is 2. The van der Waals surface area contributed by atoms with Crippen LogP contribution < -0.4 is 10.6 Å². The van der Waals surface area contributed by atoms with Crippen molar-refractivity contribution in [2.24, 2.45) is 0 Å². The van der Waals surface area contributed by atoms with E-state index in [4.69, 9.17) is 0 Å². The summed E-state index contributed by atoms with van der Waals surface area (Å²) >= 11 is 0. The Balaban J connectivity index is 1.89. The Bertz CT molecular complexity index is 829. The molecule has 2 unspecified atom stereocenters. The van der Waals surface area contributed by atoms with E-state index in [1.165, 1.54) is 128 Å². The van der Waals surface area contributed by atoms with Crippen molar-refractivity contribution >= 4 is 11.8 Å². The van der Waals surface area contributed by atoms with Gasteiger partial charge in [-0.15, -0.1) is 0 Å². The van der Waals surface area contributed by atoms with Gasteiger partial charge in [0.2, 0.25) is 11.8 Å². The first kappa shape index (κ1) is 46.1. The van der Waals surface area contributed by atoms with Gasteiger partial charge in [0.25, 0.3) is 0 Å². The summed E-state index contributed by atoms with van der Waals surface area (Å²) in [5.41, 5.74) is 2.18. The molecule has 0 saturated carbocycles. The Morgan fingerprint density at radius 2 is 0.640 bits per heavy atom. The molecule has 0 radical (unpaired) electrons. The molecule has 2 amide bonds. The van der Waals surface area contributed by atoms with E-state index >= 15 is 0 Å². The molecule has 0 heterocycles. The largest absolute Gasteiger partial charge is 0.393 e. The third-order valence-electron chi connectivity index (χ3n) is 10.1. The predicted molar refractivity (Wildman–Crippen MR) is 212 cm³/mol. The van der Waals surface area contributed by atoms with Gasteiger partial charge in [-0.05, 0) is 50.7 Å². The number of hydrogen-bond acceptors (Lipinski definition) is 4. The first-order valence-corrected chi connectivity index (χ1v) is 21.3. The number of benzene rings is 1. The summed E-state index contributed by atoms with van der Waals surface area (Å²) in [6.07, 6.45) is 35.6. The van der Waals surface area contributed by atoms with Gasteiger partial charge in [0, 0.05) is 25.9 Å². The number of hydrogen-bond donors (Lipinski definition) is 4. The molecular formula is C44H80N2O4. The lowest BCUT2D eigenvalue weighted by Gasteiger charge is -2.08. The van der Waals surface area contributed by atoms with Crippen molar-refractivity contribution in [2.45, 2.75) is 232 Å². The average molecular weight is 701 g/mol. The fourth-order valence-corrected chi connectivity index (χ4v) is 6.69. The summed E-state index contributed by atoms with van der Waals surface area (Å²) in [7, 11) is 0. The summed E-state index contributed by atoms with van der Waals surface area (Å²) in [6, 6.07) is 8.18. The average Bonchev–Trinajstić information content (AvgIpc) is 3.10. The van der Waals surface area contributed by atoms with E-state index in [1.807, 2.05) is 38.1 Å². The molecule has 0 aliphatic heterocycles. The molecule has 50 heavy (non-hydrogen) atoms. The molecule has 0 aliphatic carbocycles. The normalized spacial score (nSPS) is 12.6. The Kier molecular flexibility index (Phi) is 31.5.